The Kier molecular flexibility index (Phi) is 6.22. The molecule has 0 N–H and O–H groups in total. The van der Waals surface area contributed by atoms with Gasteiger partial charge in [-0.3, -0.25) is 4.79 Å². The lowest BCUT2D eigenvalue weighted by Gasteiger charge is -2.37. The van der Waals surface area contributed by atoms with E-state index in [1.807, 2.05) is 6.07 Å². The molecule has 0 fully saturated rings. The van der Waals surface area contributed by atoms with Crippen molar-refractivity contribution in [3.05, 3.63) is 77.2 Å². The van der Waals surface area contributed by atoms with Gasteiger partial charge in [0.25, 0.3) is 5.91 Å². The van der Waals surface area contributed by atoms with Crippen molar-refractivity contribution >= 4 is 5.91 Å². The predicted molar refractivity (Wildman–Crippen MR) is 113 cm³/mol. The smallest absolute Gasteiger partial charge is 0.416 e. The molecule has 9 heteroatoms. The number of hydrogen-bond donors (Lipinski definition) is 0. The van der Waals surface area contributed by atoms with Gasteiger partial charge in [-0.05, 0) is 60.0 Å². The van der Waals surface area contributed by atoms with Crippen LogP contribution in [0.3, 0.4) is 0 Å². The number of hydrogen-bond acceptors (Lipinski definition) is 5. The number of alkyl halides is 3. The molecular formula is C24H22F3NO5. The molecule has 0 saturated heterocycles. The third kappa shape index (κ3) is 4.62. The van der Waals surface area contributed by atoms with Gasteiger partial charge in [-0.2, -0.15) is 13.2 Å². The van der Waals surface area contributed by atoms with Gasteiger partial charge in [0.2, 0.25) is 0 Å². The minimum Gasteiger partial charge on any atom is -0.493 e. The zero-order valence-electron chi connectivity index (χ0n) is 18.0. The topological polar surface area (TPSA) is 61.1 Å². The van der Waals surface area contributed by atoms with Crippen molar-refractivity contribution in [3.8, 4) is 17.2 Å². The zero-order valence-corrected chi connectivity index (χ0v) is 18.0. The molecule has 174 valence electrons. The molecule has 0 aliphatic carbocycles. The maximum atomic E-state index is 13.1. The number of rotatable bonds is 6. The van der Waals surface area contributed by atoms with Crippen molar-refractivity contribution in [1.29, 1.82) is 0 Å². The lowest BCUT2D eigenvalue weighted by Crippen LogP contribution is -2.42. The molecule has 0 radical (unpaired) electrons. The number of carbonyl (C=O) groups excluding carboxylic acids is 1. The summed E-state index contributed by atoms with van der Waals surface area (Å²) < 4.78 is 61.1. The minimum atomic E-state index is -4.48. The van der Waals surface area contributed by atoms with Gasteiger partial charge >= 0.3 is 6.18 Å². The lowest BCUT2D eigenvalue weighted by molar-refractivity contribution is -0.137. The molecule has 1 aliphatic rings. The largest absolute Gasteiger partial charge is 0.493 e. The van der Waals surface area contributed by atoms with Gasteiger partial charge in [-0.25, -0.2) is 0 Å². The second kappa shape index (κ2) is 9.09. The molecule has 0 saturated carbocycles. The Labute approximate surface area is 188 Å². The van der Waals surface area contributed by atoms with Gasteiger partial charge < -0.3 is 23.5 Å². The van der Waals surface area contributed by atoms with E-state index < -0.39 is 17.8 Å². The van der Waals surface area contributed by atoms with E-state index in [1.165, 1.54) is 32.6 Å². The second-order valence-corrected chi connectivity index (χ2v) is 7.48. The van der Waals surface area contributed by atoms with Crippen molar-refractivity contribution in [1.82, 2.24) is 4.90 Å². The van der Waals surface area contributed by atoms with Crippen LogP contribution in [0.1, 0.15) is 33.3 Å². The summed E-state index contributed by atoms with van der Waals surface area (Å²) in [4.78, 5) is 14.7. The molecule has 0 bridgehead atoms. The summed E-state index contributed by atoms with van der Waals surface area (Å²) in [5, 5.41) is 0. The molecule has 3 aromatic rings. The summed E-state index contributed by atoms with van der Waals surface area (Å²) in [6.07, 6.45) is -2.52. The monoisotopic (exact) mass is 461 g/mol. The predicted octanol–water partition coefficient (Wildman–Crippen LogP) is 5.13. The number of methoxy groups -OCH3 is 2. The lowest BCUT2D eigenvalue weighted by atomic mass is 9.92. The van der Waals surface area contributed by atoms with Gasteiger partial charge in [0.15, 0.2) is 17.3 Å². The number of furan rings is 1. The fraction of sp³-hybridized carbons (Fsp3) is 0.292. The van der Waals surface area contributed by atoms with Crippen molar-refractivity contribution in [3.63, 3.8) is 0 Å². The van der Waals surface area contributed by atoms with Crippen LogP contribution >= 0.6 is 0 Å². The summed E-state index contributed by atoms with van der Waals surface area (Å²) in [6, 6.07) is 10.9. The fourth-order valence-electron chi connectivity index (χ4n) is 3.93. The number of fused-ring (bicyclic) bond motifs is 1. The van der Waals surface area contributed by atoms with Gasteiger partial charge in [0, 0.05) is 6.54 Å². The van der Waals surface area contributed by atoms with Crippen molar-refractivity contribution in [2.75, 3.05) is 27.4 Å². The number of halogens is 3. The summed E-state index contributed by atoms with van der Waals surface area (Å²) in [5.74, 6) is 0.927. The maximum Gasteiger partial charge on any atom is 0.416 e. The van der Waals surface area contributed by atoms with Gasteiger partial charge in [0.05, 0.1) is 32.1 Å². The van der Waals surface area contributed by atoms with Gasteiger partial charge in [0.1, 0.15) is 12.4 Å². The highest BCUT2D eigenvalue weighted by atomic mass is 19.4. The molecule has 6 nitrogen and oxygen atoms in total. The van der Waals surface area contributed by atoms with Crippen molar-refractivity contribution in [2.45, 2.75) is 18.6 Å². The van der Waals surface area contributed by atoms with Crippen LogP contribution in [0.25, 0.3) is 0 Å². The molecule has 1 aliphatic heterocycles. The quantitative estimate of drug-likeness (QED) is 0.509. The number of carbonyl (C=O) groups is 1. The fourth-order valence-corrected chi connectivity index (χ4v) is 3.93. The van der Waals surface area contributed by atoms with Crippen LogP contribution in [-0.2, 0) is 12.6 Å². The summed E-state index contributed by atoms with van der Waals surface area (Å²) in [5.41, 5.74) is 0.901. The molecule has 1 atom stereocenters. The van der Waals surface area contributed by atoms with Crippen LogP contribution in [0.2, 0.25) is 0 Å². The number of nitrogens with zero attached hydrogens (tertiary/aromatic N) is 1. The summed E-state index contributed by atoms with van der Waals surface area (Å²) in [7, 11) is 3.04. The number of amides is 1. The molecule has 4 rings (SSSR count). The summed E-state index contributed by atoms with van der Waals surface area (Å²) in [6.45, 7) is 0.314. The number of ether oxygens (including phenoxy) is 3. The highest BCUT2D eigenvalue weighted by Gasteiger charge is 2.35. The Morgan fingerprint density at radius 3 is 2.52 bits per heavy atom. The number of benzene rings is 2. The van der Waals surface area contributed by atoms with E-state index in [1.54, 1.807) is 23.1 Å². The van der Waals surface area contributed by atoms with E-state index in [-0.39, 0.29) is 24.0 Å². The molecule has 1 amide bonds. The molecule has 0 spiro atoms. The zero-order chi connectivity index (χ0) is 23.6. The van der Waals surface area contributed by atoms with Gasteiger partial charge in [-0.15, -0.1) is 0 Å². The average molecular weight is 461 g/mol. The Morgan fingerprint density at radius 2 is 1.85 bits per heavy atom. The first-order chi connectivity index (χ1) is 15.8. The van der Waals surface area contributed by atoms with Crippen LogP contribution in [0.5, 0.6) is 17.2 Å². The molecule has 2 aromatic carbocycles. The Morgan fingerprint density at radius 1 is 1.09 bits per heavy atom. The van der Waals surface area contributed by atoms with Crippen LogP contribution < -0.4 is 14.2 Å². The van der Waals surface area contributed by atoms with Crippen LogP contribution in [0, 0.1) is 0 Å². The highest BCUT2D eigenvalue weighted by Crippen LogP contribution is 2.39. The average Bonchev–Trinajstić information content (AvgIpc) is 3.35. The van der Waals surface area contributed by atoms with Crippen LogP contribution in [0.15, 0.2) is 59.2 Å². The Hall–Kier alpha value is -3.62. The van der Waals surface area contributed by atoms with Crippen molar-refractivity contribution < 1.29 is 36.6 Å². The highest BCUT2D eigenvalue weighted by molar-refractivity contribution is 5.92. The molecule has 33 heavy (non-hydrogen) atoms. The molecule has 2 heterocycles. The van der Waals surface area contributed by atoms with Crippen LogP contribution in [-0.4, -0.2) is 38.2 Å². The molecule has 1 unspecified atom stereocenters. The third-order valence-electron chi connectivity index (χ3n) is 5.56. The van der Waals surface area contributed by atoms with Crippen LogP contribution in [0.4, 0.5) is 13.2 Å². The molecular weight excluding hydrogens is 439 g/mol. The van der Waals surface area contributed by atoms with E-state index in [4.69, 9.17) is 18.6 Å². The normalized spacial score (nSPS) is 15.7. The van der Waals surface area contributed by atoms with E-state index in [0.29, 0.717) is 24.5 Å². The summed E-state index contributed by atoms with van der Waals surface area (Å²) >= 11 is 0. The van der Waals surface area contributed by atoms with E-state index in [2.05, 4.69) is 0 Å². The first-order valence-corrected chi connectivity index (χ1v) is 10.2. The van der Waals surface area contributed by atoms with Gasteiger partial charge in [-0.1, -0.05) is 6.07 Å². The third-order valence-corrected chi connectivity index (χ3v) is 5.56. The Balaban J connectivity index is 1.68. The SMILES string of the molecule is COc1cc2c(cc1OC)C(COc1cccc(C(F)(F)F)c1)N(C(=O)c1ccco1)CC2. The Bertz CT molecular complexity index is 1130. The van der Waals surface area contributed by atoms with Crippen molar-refractivity contribution in [2.24, 2.45) is 0 Å². The second-order valence-electron chi connectivity index (χ2n) is 7.48. The molecule has 1 aromatic heterocycles. The van der Waals surface area contributed by atoms with E-state index in [0.717, 1.165) is 23.3 Å². The maximum absolute atomic E-state index is 13.1. The first-order valence-electron chi connectivity index (χ1n) is 10.2. The first kappa shape index (κ1) is 22.6. The van der Waals surface area contributed by atoms with E-state index in [9.17, 15) is 18.0 Å². The van der Waals surface area contributed by atoms with E-state index >= 15 is 0 Å². The standard InChI is InChI=1S/C24H22F3NO5/c1-30-21-11-15-8-9-28(23(29)20-7-4-10-32-20)19(18(15)13-22(21)31-2)14-33-17-6-3-5-16(12-17)24(25,26)27/h3-7,10-13,19H,8-9,14H2,1-2H3. The minimum absolute atomic E-state index is 0.0582.